The Morgan fingerprint density at radius 1 is 1.28 bits per heavy atom. The predicted octanol–water partition coefficient (Wildman–Crippen LogP) is 2.73. The third kappa shape index (κ3) is 3.24. The second-order valence-electron chi connectivity index (χ2n) is 3.97. The van der Waals surface area contributed by atoms with Gasteiger partial charge in [0.25, 0.3) is 0 Å². The minimum atomic E-state index is 0.0743. The van der Waals surface area contributed by atoms with E-state index in [0.29, 0.717) is 18.5 Å². The minimum Gasteiger partial charge on any atom is -0.325 e. The molecule has 0 spiro atoms. The van der Waals surface area contributed by atoms with Gasteiger partial charge in [0.1, 0.15) is 0 Å². The van der Waals surface area contributed by atoms with Gasteiger partial charge in [-0.05, 0) is 29.8 Å². The maximum Gasteiger partial charge on any atom is 0.167 e. The van der Waals surface area contributed by atoms with Gasteiger partial charge < -0.3 is 5.73 Å². The van der Waals surface area contributed by atoms with Crippen LogP contribution in [0, 0.1) is 0 Å². The first kappa shape index (κ1) is 12.9. The Kier molecular flexibility index (Phi) is 4.23. The number of nitrogens with zero attached hydrogens (tertiary/aromatic N) is 1. The summed E-state index contributed by atoms with van der Waals surface area (Å²) >= 11 is 3.39. The Morgan fingerprint density at radius 2 is 2.11 bits per heavy atom. The van der Waals surface area contributed by atoms with Crippen LogP contribution >= 0.6 is 15.9 Å². The molecule has 18 heavy (non-hydrogen) atoms. The van der Waals surface area contributed by atoms with Crippen molar-refractivity contribution < 1.29 is 4.79 Å². The van der Waals surface area contributed by atoms with Gasteiger partial charge in [0.2, 0.25) is 0 Å². The molecule has 0 aliphatic rings. The highest BCUT2D eigenvalue weighted by Gasteiger charge is 2.08. The molecule has 0 saturated heterocycles. The molecule has 0 unspecified atom stereocenters. The molecule has 1 heterocycles. The van der Waals surface area contributed by atoms with E-state index < -0.39 is 0 Å². The number of Topliss-reactive ketones (excluding diaryl/α,β-unsaturated/α-hetero) is 1. The summed E-state index contributed by atoms with van der Waals surface area (Å²) in [6.07, 6.45) is 2.00. The van der Waals surface area contributed by atoms with Crippen LogP contribution in [0.15, 0.2) is 47.1 Å². The number of benzene rings is 1. The lowest BCUT2D eigenvalue weighted by Crippen LogP contribution is -2.06. The monoisotopic (exact) mass is 304 g/mol. The Bertz CT molecular complexity index is 569. The standard InChI is InChI=1S/C14H13BrN2O/c15-12-3-1-2-10(6-12)7-14(18)11-4-5-17-13(8-11)9-16/h1-6,8H,7,9,16H2. The van der Waals surface area contributed by atoms with Crippen molar-refractivity contribution in [3.8, 4) is 0 Å². The molecule has 0 aliphatic carbocycles. The average Bonchev–Trinajstić information content (AvgIpc) is 2.39. The zero-order valence-electron chi connectivity index (χ0n) is 9.77. The Morgan fingerprint density at radius 3 is 2.83 bits per heavy atom. The Hall–Kier alpha value is -1.52. The van der Waals surface area contributed by atoms with E-state index in [1.807, 2.05) is 24.3 Å². The molecular formula is C14H13BrN2O. The highest BCUT2D eigenvalue weighted by molar-refractivity contribution is 9.10. The minimum absolute atomic E-state index is 0.0743. The third-order valence-corrected chi connectivity index (χ3v) is 3.09. The Labute approximate surface area is 114 Å². The molecular weight excluding hydrogens is 292 g/mol. The molecule has 0 fully saturated rings. The predicted molar refractivity (Wildman–Crippen MR) is 74.3 cm³/mol. The van der Waals surface area contributed by atoms with E-state index >= 15 is 0 Å². The number of halogens is 1. The lowest BCUT2D eigenvalue weighted by atomic mass is 10.0. The molecule has 4 heteroatoms. The van der Waals surface area contributed by atoms with Crippen molar-refractivity contribution in [1.29, 1.82) is 0 Å². The second kappa shape index (κ2) is 5.89. The summed E-state index contributed by atoms with van der Waals surface area (Å²) in [5.74, 6) is 0.0743. The van der Waals surface area contributed by atoms with Crippen molar-refractivity contribution in [3.05, 3.63) is 63.9 Å². The molecule has 0 bridgehead atoms. The fourth-order valence-corrected chi connectivity index (χ4v) is 2.14. The van der Waals surface area contributed by atoms with E-state index in [9.17, 15) is 4.79 Å². The van der Waals surface area contributed by atoms with Crippen LogP contribution in [0.25, 0.3) is 0 Å². The smallest absolute Gasteiger partial charge is 0.167 e. The van der Waals surface area contributed by atoms with E-state index in [1.54, 1.807) is 18.3 Å². The van der Waals surface area contributed by atoms with Gasteiger partial charge in [0.15, 0.2) is 5.78 Å². The van der Waals surface area contributed by atoms with Crippen LogP contribution < -0.4 is 5.73 Å². The number of nitrogens with two attached hydrogens (primary N) is 1. The number of hydrogen-bond acceptors (Lipinski definition) is 3. The summed E-state index contributed by atoms with van der Waals surface area (Å²) in [7, 11) is 0. The largest absolute Gasteiger partial charge is 0.325 e. The number of carbonyl (C=O) groups excluding carboxylic acids is 1. The quantitative estimate of drug-likeness (QED) is 0.884. The van der Waals surface area contributed by atoms with Crippen LogP contribution in [-0.4, -0.2) is 10.8 Å². The second-order valence-corrected chi connectivity index (χ2v) is 4.89. The van der Waals surface area contributed by atoms with Gasteiger partial charge in [0, 0.05) is 29.2 Å². The SMILES string of the molecule is NCc1cc(C(=O)Cc2cccc(Br)c2)ccn1. The first-order valence-corrected chi connectivity index (χ1v) is 6.41. The number of aromatic nitrogens is 1. The van der Waals surface area contributed by atoms with Gasteiger partial charge >= 0.3 is 0 Å². The van der Waals surface area contributed by atoms with Crippen LogP contribution in [-0.2, 0) is 13.0 Å². The van der Waals surface area contributed by atoms with Gasteiger partial charge in [-0.2, -0.15) is 0 Å². The molecule has 0 radical (unpaired) electrons. The molecule has 2 rings (SSSR count). The average molecular weight is 305 g/mol. The van der Waals surface area contributed by atoms with Gasteiger partial charge in [0.05, 0.1) is 5.69 Å². The summed E-state index contributed by atoms with van der Waals surface area (Å²) < 4.78 is 0.977. The van der Waals surface area contributed by atoms with E-state index in [0.717, 1.165) is 15.7 Å². The van der Waals surface area contributed by atoms with E-state index in [-0.39, 0.29) is 5.78 Å². The number of ketones is 1. The zero-order chi connectivity index (χ0) is 13.0. The molecule has 1 aromatic carbocycles. The number of carbonyl (C=O) groups is 1. The first-order valence-electron chi connectivity index (χ1n) is 5.61. The van der Waals surface area contributed by atoms with Crippen molar-refractivity contribution in [2.24, 2.45) is 5.73 Å². The lowest BCUT2D eigenvalue weighted by molar-refractivity contribution is 0.0993. The topological polar surface area (TPSA) is 56.0 Å². The molecule has 3 nitrogen and oxygen atoms in total. The number of pyridine rings is 1. The highest BCUT2D eigenvalue weighted by Crippen LogP contribution is 2.14. The Balaban J connectivity index is 2.16. The van der Waals surface area contributed by atoms with E-state index in [4.69, 9.17) is 5.73 Å². The van der Waals surface area contributed by atoms with Crippen LogP contribution in [0.5, 0.6) is 0 Å². The summed E-state index contributed by atoms with van der Waals surface area (Å²) in [5, 5.41) is 0. The first-order chi connectivity index (χ1) is 8.69. The van der Waals surface area contributed by atoms with Crippen molar-refractivity contribution in [2.75, 3.05) is 0 Å². The van der Waals surface area contributed by atoms with E-state index in [1.165, 1.54) is 0 Å². The molecule has 0 amide bonds. The molecule has 0 saturated carbocycles. The molecule has 2 aromatic rings. The molecule has 0 aliphatic heterocycles. The van der Waals surface area contributed by atoms with Gasteiger partial charge in [-0.3, -0.25) is 9.78 Å². The van der Waals surface area contributed by atoms with Crippen LogP contribution in [0.3, 0.4) is 0 Å². The van der Waals surface area contributed by atoms with Crippen LogP contribution in [0.2, 0.25) is 0 Å². The molecule has 92 valence electrons. The van der Waals surface area contributed by atoms with Gasteiger partial charge in [-0.1, -0.05) is 28.1 Å². The van der Waals surface area contributed by atoms with Crippen molar-refractivity contribution in [3.63, 3.8) is 0 Å². The van der Waals surface area contributed by atoms with Crippen molar-refractivity contribution in [2.45, 2.75) is 13.0 Å². The number of rotatable bonds is 4. The molecule has 2 N–H and O–H groups in total. The van der Waals surface area contributed by atoms with Crippen molar-refractivity contribution in [1.82, 2.24) is 4.98 Å². The van der Waals surface area contributed by atoms with Crippen molar-refractivity contribution >= 4 is 21.7 Å². The molecule has 0 atom stereocenters. The van der Waals surface area contributed by atoms with Gasteiger partial charge in [-0.15, -0.1) is 0 Å². The number of hydrogen-bond donors (Lipinski definition) is 1. The fourth-order valence-electron chi connectivity index (χ4n) is 1.70. The molecule has 1 aromatic heterocycles. The summed E-state index contributed by atoms with van der Waals surface area (Å²) in [4.78, 5) is 16.2. The van der Waals surface area contributed by atoms with Crippen LogP contribution in [0.1, 0.15) is 21.6 Å². The maximum atomic E-state index is 12.1. The summed E-state index contributed by atoms with van der Waals surface area (Å²) in [5.41, 5.74) is 7.89. The fraction of sp³-hybridized carbons (Fsp3) is 0.143. The maximum absolute atomic E-state index is 12.1. The lowest BCUT2D eigenvalue weighted by Gasteiger charge is -2.03. The summed E-state index contributed by atoms with van der Waals surface area (Å²) in [6.45, 7) is 0.345. The zero-order valence-corrected chi connectivity index (χ0v) is 11.4. The third-order valence-electron chi connectivity index (χ3n) is 2.60. The normalized spacial score (nSPS) is 10.3. The van der Waals surface area contributed by atoms with Crippen LogP contribution in [0.4, 0.5) is 0 Å². The van der Waals surface area contributed by atoms with Gasteiger partial charge in [-0.25, -0.2) is 0 Å². The highest BCUT2D eigenvalue weighted by atomic mass is 79.9. The van der Waals surface area contributed by atoms with E-state index in [2.05, 4.69) is 20.9 Å². The summed E-state index contributed by atoms with van der Waals surface area (Å²) in [6, 6.07) is 11.2.